The number of hydrogen-bond acceptors (Lipinski definition) is 4. The van der Waals surface area contributed by atoms with E-state index in [-0.39, 0.29) is 11.4 Å². The predicted molar refractivity (Wildman–Crippen MR) is 66.0 cm³/mol. The molecule has 0 unspecified atom stereocenters. The minimum atomic E-state index is -1.62. The zero-order valence-corrected chi connectivity index (χ0v) is 11.5. The van der Waals surface area contributed by atoms with Gasteiger partial charge in [0.15, 0.2) is 0 Å². The maximum Gasteiger partial charge on any atom is 0.356 e. The monoisotopic (exact) mass is 257 g/mol. The molecule has 0 aliphatic rings. The van der Waals surface area contributed by atoms with Gasteiger partial charge in [0.25, 0.3) is 0 Å². The molecule has 1 aromatic heterocycles. The van der Waals surface area contributed by atoms with Crippen molar-refractivity contribution in [2.45, 2.75) is 45.4 Å². The first-order valence-corrected chi connectivity index (χ1v) is 5.69. The summed E-state index contributed by atoms with van der Waals surface area (Å²) >= 11 is 0. The summed E-state index contributed by atoms with van der Waals surface area (Å²) in [5.41, 5.74) is 4.10. The fourth-order valence-electron chi connectivity index (χ4n) is 1.48. The van der Waals surface area contributed by atoms with Gasteiger partial charge < -0.3 is 10.5 Å². The summed E-state index contributed by atoms with van der Waals surface area (Å²) in [4.78, 5) is 11.6. The van der Waals surface area contributed by atoms with Crippen molar-refractivity contribution in [1.29, 1.82) is 0 Å². The van der Waals surface area contributed by atoms with Gasteiger partial charge in [0.2, 0.25) is 0 Å². The van der Waals surface area contributed by atoms with Gasteiger partial charge in [0, 0.05) is 5.54 Å². The van der Waals surface area contributed by atoms with Crippen molar-refractivity contribution < 1.29 is 13.9 Å². The van der Waals surface area contributed by atoms with E-state index in [1.807, 2.05) is 0 Å². The molecule has 0 saturated heterocycles. The topological polar surface area (TPSA) is 70.1 Å². The molecule has 1 heterocycles. The Balaban J connectivity index is 3.22. The molecule has 0 aromatic carbocycles. The molecule has 0 fully saturated rings. The van der Waals surface area contributed by atoms with E-state index < -0.39 is 17.2 Å². The van der Waals surface area contributed by atoms with Crippen LogP contribution < -0.4 is 5.73 Å². The van der Waals surface area contributed by atoms with Crippen LogP contribution in [0.3, 0.4) is 0 Å². The second-order valence-corrected chi connectivity index (χ2v) is 5.53. The summed E-state index contributed by atoms with van der Waals surface area (Å²) in [7, 11) is 1.27. The van der Waals surface area contributed by atoms with E-state index in [1.54, 1.807) is 13.8 Å². The Kier molecular flexibility index (Phi) is 3.81. The first-order chi connectivity index (χ1) is 8.04. The van der Waals surface area contributed by atoms with Crippen LogP contribution in [0, 0.1) is 0 Å². The number of esters is 1. The number of hydrogen-bond donors (Lipinski definition) is 1. The molecule has 0 spiro atoms. The molecule has 1 aromatic rings. The van der Waals surface area contributed by atoms with E-state index in [1.165, 1.54) is 31.7 Å². The van der Waals surface area contributed by atoms with Crippen molar-refractivity contribution in [3.8, 4) is 0 Å². The van der Waals surface area contributed by atoms with Crippen molar-refractivity contribution in [3.05, 3.63) is 17.5 Å². The van der Waals surface area contributed by atoms with Gasteiger partial charge in [0.05, 0.1) is 19.3 Å². The number of aromatic nitrogens is 2. The minimum Gasteiger partial charge on any atom is -0.464 e. The number of nitrogens with two attached hydrogens (primary N) is 1. The molecule has 0 amide bonds. The number of carbonyl (C=O) groups is 1. The second-order valence-electron chi connectivity index (χ2n) is 5.53. The SMILES string of the molecule is COC(=O)c1cc(C(C)(C)F)nn1CC(C)(C)N. The number of carbonyl (C=O) groups excluding carboxylic acids is 1. The largest absolute Gasteiger partial charge is 0.464 e. The smallest absolute Gasteiger partial charge is 0.356 e. The van der Waals surface area contributed by atoms with E-state index in [9.17, 15) is 9.18 Å². The number of halogens is 1. The second kappa shape index (κ2) is 4.68. The predicted octanol–water partition coefficient (Wildman–Crippen LogP) is 1.61. The average Bonchev–Trinajstić information content (AvgIpc) is 2.57. The van der Waals surface area contributed by atoms with E-state index >= 15 is 0 Å². The van der Waals surface area contributed by atoms with Gasteiger partial charge in [0.1, 0.15) is 11.4 Å². The highest BCUT2D eigenvalue weighted by Gasteiger charge is 2.28. The van der Waals surface area contributed by atoms with E-state index in [4.69, 9.17) is 5.73 Å². The Labute approximate surface area is 106 Å². The van der Waals surface area contributed by atoms with Gasteiger partial charge in [-0.2, -0.15) is 5.10 Å². The summed E-state index contributed by atoms with van der Waals surface area (Å²) in [6.07, 6.45) is 0. The molecule has 0 aliphatic carbocycles. The highest BCUT2D eigenvalue weighted by Crippen LogP contribution is 2.24. The third-order valence-corrected chi connectivity index (χ3v) is 2.34. The van der Waals surface area contributed by atoms with Gasteiger partial charge in [-0.15, -0.1) is 0 Å². The van der Waals surface area contributed by atoms with Crippen LogP contribution in [0.1, 0.15) is 43.9 Å². The molecule has 102 valence electrons. The summed E-state index contributed by atoms with van der Waals surface area (Å²) < 4.78 is 19.9. The van der Waals surface area contributed by atoms with Crippen LogP contribution in [0.25, 0.3) is 0 Å². The van der Waals surface area contributed by atoms with Crippen molar-refractivity contribution in [3.63, 3.8) is 0 Å². The maximum absolute atomic E-state index is 13.9. The van der Waals surface area contributed by atoms with Gasteiger partial charge in [-0.05, 0) is 33.8 Å². The lowest BCUT2D eigenvalue weighted by Gasteiger charge is -2.19. The molecule has 0 aliphatic heterocycles. The molecule has 0 bridgehead atoms. The standard InChI is InChI=1S/C12H20FN3O2/c1-11(2,14)7-16-8(10(17)18-5)6-9(15-16)12(3,4)13/h6H,7,14H2,1-5H3. The Morgan fingerprint density at radius 2 is 2.06 bits per heavy atom. The fourth-order valence-corrected chi connectivity index (χ4v) is 1.48. The molecule has 6 heteroatoms. The fraction of sp³-hybridized carbons (Fsp3) is 0.667. The van der Waals surface area contributed by atoms with Crippen LogP contribution in [0.5, 0.6) is 0 Å². The lowest BCUT2D eigenvalue weighted by Crippen LogP contribution is -2.38. The van der Waals surface area contributed by atoms with Crippen LogP contribution in [0.4, 0.5) is 4.39 Å². The lowest BCUT2D eigenvalue weighted by molar-refractivity contribution is 0.0585. The van der Waals surface area contributed by atoms with Gasteiger partial charge in [-0.25, -0.2) is 9.18 Å². The van der Waals surface area contributed by atoms with Crippen LogP contribution >= 0.6 is 0 Å². The molecule has 18 heavy (non-hydrogen) atoms. The van der Waals surface area contributed by atoms with Gasteiger partial charge in [-0.1, -0.05) is 0 Å². The van der Waals surface area contributed by atoms with Crippen molar-refractivity contribution in [2.75, 3.05) is 7.11 Å². The summed E-state index contributed by atoms with van der Waals surface area (Å²) in [5.74, 6) is -0.553. The Hall–Kier alpha value is -1.43. The molecular formula is C12H20FN3O2. The van der Waals surface area contributed by atoms with Crippen molar-refractivity contribution in [2.24, 2.45) is 5.73 Å². The number of nitrogens with zero attached hydrogens (tertiary/aromatic N) is 2. The third-order valence-electron chi connectivity index (χ3n) is 2.34. The number of rotatable bonds is 4. The Morgan fingerprint density at radius 1 is 1.50 bits per heavy atom. The lowest BCUT2D eigenvalue weighted by atomic mass is 10.1. The van der Waals surface area contributed by atoms with Crippen LogP contribution in [-0.2, 0) is 17.0 Å². The molecule has 0 saturated carbocycles. The van der Waals surface area contributed by atoms with Crippen molar-refractivity contribution in [1.82, 2.24) is 9.78 Å². The Bertz CT molecular complexity index is 441. The number of methoxy groups -OCH3 is 1. The average molecular weight is 257 g/mol. The summed E-state index contributed by atoms with van der Waals surface area (Å²) in [6, 6.07) is 1.40. The first-order valence-electron chi connectivity index (χ1n) is 5.69. The van der Waals surface area contributed by atoms with E-state index in [0.29, 0.717) is 6.54 Å². The minimum absolute atomic E-state index is 0.187. The van der Waals surface area contributed by atoms with E-state index in [0.717, 1.165) is 0 Å². The third kappa shape index (κ3) is 3.53. The maximum atomic E-state index is 13.9. The summed E-state index contributed by atoms with van der Waals surface area (Å²) in [5, 5.41) is 4.10. The quantitative estimate of drug-likeness (QED) is 0.832. The van der Waals surface area contributed by atoms with Gasteiger partial charge >= 0.3 is 5.97 Å². The number of ether oxygens (including phenoxy) is 1. The van der Waals surface area contributed by atoms with Crippen molar-refractivity contribution >= 4 is 5.97 Å². The molecule has 0 atom stereocenters. The zero-order valence-electron chi connectivity index (χ0n) is 11.5. The first kappa shape index (κ1) is 14.6. The van der Waals surface area contributed by atoms with Crippen LogP contribution in [-0.4, -0.2) is 28.4 Å². The molecular weight excluding hydrogens is 237 g/mol. The zero-order chi connectivity index (χ0) is 14.1. The number of alkyl halides is 1. The van der Waals surface area contributed by atoms with Crippen LogP contribution in [0.2, 0.25) is 0 Å². The molecule has 5 nitrogen and oxygen atoms in total. The molecule has 1 rings (SSSR count). The molecule has 2 N–H and O–H groups in total. The Morgan fingerprint density at radius 3 is 2.44 bits per heavy atom. The normalized spacial score (nSPS) is 12.6. The highest BCUT2D eigenvalue weighted by molar-refractivity contribution is 5.87. The van der Waals surface area contributed by atoms with Gasteiger partial charge in [-0.3, -0.25) is 4.68 Å². The van der Waals surface area contributed by atoms with Crippen LogP contribution in [0.15, 0.2) is 6.07 Å². The summed E-state index contributed by atoms with van der Waals surface area (Å²) in [6.45, 7) is 6.67. The molecule has 0 radical (unpaired) electrons. The highest BCUT2D eigenvalue weighted by atomic mass is 19.1. The van der Waals surface area contributed by atoms with E-state index in [2.05, 4.69) is 9.84 Å².